The van der Waals surface area contributed by atoms with Crippen LogP contribution in [0.25, 0.3) is 0 Å². The first-order chi connectivity index (χ1) is 14.8. The number of carbonyl (C=O) groups is 1. The second-order valence-corrected chi connectivity index (χ2v) is 8.43. The van der Waals surface area contributed by atoms with Gasteiger partial charge < -0.3 is 14.8 Å². The SMILES string of the molecule is CCOc1ccc(C(=O)Nc2ccc(S(=O)(=O)Nc3cc(C)ccc3OC)cc2)cc1. The highest BCUT2D eigenvalue weighted by molar-refractivity contribution is 7.92. The average Bonchev–Trinajstić information content (AvgIpc) is 2.75. The number of rotatable bonds is 8. The van der Waals surface area contributed by atoms with E-state index in [2.05, 4.69) is 10.0 Å². The molecule has 0 fully saturated rings. The van der Waals surface area contributed by atoms with Crippen LogP contribution in [0.2, 0.25) is 0 Å². The molecule has 0 unspecified atom stereocenters. The Morgan fingerprint density at radius 1 is 0.968 bits per heavy atom. The lowest BCUT2D eigenvalue weighted by Crippen LogP contribution is -2.14. The summed E-state index contributed by atoms with van der Waals surface area (Å²) in [4.78, 5) is 12.5. The van der Waals surface area contributed by atoms with Crippen molar-refractivity contribution in [3.05, 3.63) is 77.9 Å². The van der Waals surface area contributed by atoms with Crippen LogP contribution in [-0.2, 0) is 10.0 Å². The Bertz CT molecular complexity index is 1160. The second kappa shape index (κ2) is 9.53. The van der Waals surface area contributed by atoms with Gasteiger partial charge in [-0.05, 0) is 80.1 Å². The smallest absolute Gasteiger partial charge is 0.262 e. The molecule has 3 aromatic rings. The van der Waals surface area contributed by atoms with Crippen LogP contribution in [0.5, 0.6) is 11.5 Å². The fourth-order valence-electron chi connectivity index (χ4n) is 2.90. The van der Waals surface area contributed by atoms with Gasteiger partial charge in [-0.2, -0.15) is 0 Å². The van der Waals surface area contributed by atoms with Gasteiger partial charge in [0.15, 0.2) is 0 Å². The molecular weight excluding hydrogens is 416 g/mol. The van der Waals surface area contributed by atoms with E-state index in [9.17, 15) is 13.2 Å². The Morgan fingerprint density at radius 3 is 2.26 bits per heavy atom. The molecule has 0 heterocycles. The zero-order chi connectivity index (χ0) is 22.4. The van der Waals surface area contributed by atoms with Gasteiger partial charge >= 0.3 is 0 Å². The highest BCUT2D eigenvalue weighted by atomic mass is 32.2. The number of methoxy groups -OCH3 is 1. The molecule has 3 rings (SSSR count). The van der Waals surface area contributed by atoms with Gasteiger partial charge in [0, 0.05) is 11.3 Å². The van der Waals surface area contributed by atoms with Gasteiger partial charge in [-0.25, -0.2) is 8.42 Å². The normalized spacial score (nSPS) is 10.9. The number of sulfonamides is 1. The van der Waals surface area contributed by atoms with Crippen molar-refractivity contribution in [2.24, 2.45) is 0 Å². The maximum Gasteiger partial charge on any atom is 0.262 e. The summed E-state index contributed by atoms with van der Waals surface area (Å²) in [6.07, 6.45) is 0. The number of benzene rings is 3. The third-order valence-corrected chi connectivity index (χ3v) is 5.83. The number of aryl methyl sites for hydroxylation is 1. The number of hydrogen-bond donors (Lipinski definition) is 2. The Balaban J connectivity index is 1.72. The van der Waals surface area contributed by atoms with Crippen LogP contribution >= 0.6 is 0 Å². The van der Waals surface area contributed by atoms with Gasteiger partial charge in [0.2, 0.25) is 0 Å². The lowest BCUT2D eigenvalue weighted by molar-refractivity contribution is 0.102. The van der Waals surface area contributed by atoms with Crippen molar-refractivity contribution in [2.45, 2.75) is 18.7 Å². The van der Waals surface area contributed by atoms with Gasteiger partial charge in [-0.3, -0.25) is 9.52 Å². The van der Waals surface area contributed by atoms with Crippen molar-refractivity contribution in [2.75, 3.05) is 23.8 Å². The molecule has 0 aliphatic heterocycles. The fraction of sp³-hybridized carbons (Fsp3) is 0.174. The summed E-state index contributed by atoms with van der Waals surface area (Å²) in [5, 5.41) is 2.75. The van der Waals surface area contributed by atoms with Crippen LogP contribution in [0.4, 0.5) is 11.4 Å². The molecule has 3 aromatic carbocycles. The molecule has 0 radical (unpaired) electrons. The highest BCUT2D eigenvalue weighted by Crippen LogP contribution is 2.28. The summed E-state index contributed by atoms with van der Waals surface area (Å²) in [6.45, 7) is 4.29. The van der Waals surface area contributed by atoms with Gasteiger partial charge in [0.1, 0.15) is 11.5 Å². The molecule has 0 bridgehead atoms. The van der Waals surface area contributed by atoms with E-state index >= 15 is 0 Å². The van der Waals surface area contributed by atoms with Gasteiger partial charge in [0.05, 0.1) is 24.3 Å². The molecule has 0 aromatic heterocycles. The molecular formula is C23H24N2O5S. The van der Waals surface area contributed by atoms with E-state index < -0.39 is 10.0 Å². The molecule has 1 amide bonds. The van der Waals surface area contributed by atoms with Crippen molar-refractivity contribution < 1.29 is 22.7 Å². The number of anilines is 2. The molecule has 0 aliphatic carbocycles. The van der Waals surface area contributed by atoms with E-state index in [1.807, 2.05) is 19.9 Å². The van der Waals surface area contributed by atoms with Crippen molar-refractivity contribution in [1.82, 2.24) is 0 Å². The van der Waals surface area contributed by atoms with E-state index in [4.69, 9.17) is 9.47 Å². The Hall–Kier alpha value is -3.52. The molecule has 0 aliphatic rings. The van der Waals surface area contributed by atoms with E-state index in [1.165, 1.54) is 31.4 Å². The van der Waals surface area contributed by atoms with Gasteiger partial charge in [0.25, 0.3) is 15.9 Å². The van der Waals surface area contributed by atoms with Crippen LogP contribution in [-0.4, -0.2) is 28.0 Å². The Morgan fingerprint density at radius 2 is 1.65 bits per heavy atom. The van der Waals surface area contributed by atoms with Crippen LogP contribution in [0, 0.1) is 6.92 Å². The predicted octanol–water partition coefficient (Wildman–Crippen LogP) is 4.46. The zero-order valence-electron chi connectivity index (χ0n) is 17.5. The lowest BCUT2D eigenvalue weighted by Gasteiger charge is -2.13. The molecule has 8 heteroatoms. The average molecular weight is 441 g/mol. The Kier molecular flexibility index (Phi) is 6.81. The van der Waals surface area contributed by atoms with Crippen molar-refractivity contribution >= 4 is 27.3 Å². The first-order valence-electron chi connectivity index (χ1n) is 9.64. The first kappa shape index (κ1) is 22.2. The maximum absolute atomic E-state index is 12.8. The summed E-state index contributed by atoms with van der Waals surface area (Å²) < 4.78 is 38.6. The molecule has 162 valence electrons. The summed E-state index contributed by atoms with van der Waals surface area (Å²) in [5.74, 6) is 0.807. The minimum absolute atomic E-state index is 0.0649. The molecule has 31 heavy (non-hydrogen) atoms. The minimum atomic E-state index is -3.83. The quantitative estimate of drug-likeness (QED) is 0.540. The number of ether oxygens (including phenoxy) is 2. The third kappa shape index (κ3) is 5.55. The Labute approximate surface area is 182 Å². The second-order valence-electron chi connectivity index (χ2n) is 6.75. The fourth-order valence-corrected chi connectivity index (χ4v) is 3.96. The zero-order valence-corrected chi connectivity index (χ0v) is 18.3. The number of amides is 1. The summed E-state index contributed by atoms with van der Waals surface area (Å²) in [6, 6.07) is 17.9. The predicted molar refractivity (Wildman–Crippen MR) is 121 cm³/mol. The van der Waals surface area contributed by atoms with Crippen molar-refractivity contribution in [3.63, 3.8) is 0 Å². The molecule has 2 N–H and O–H groups in total. The molecule has 0 spiro atoms. The number of nitrogens with one attached hydrogen (secondary N) is 2. The molecule has 0 saturated carbocycles. The summed E-state index contributed by atoms with van der Waals surface area (Å²) in [5.41, 5.74) is 2.19. The largest absolute Gasteiger partial charge is 0.495 e. The maximum atomic E-state index is 12.8. The first-order valence-corrected chi connectivity index (χ1v) is 11.1. The summed E-state index contributed by atoms with van der Waals surface area (Å²) in [7, 11) is -2.35. The van der Waals surface area contributed by atoms with E-state index in [-0.39, 0.29) is 10.8 Å². The van der Waals surface area contributed by atoms with Gasteiger partial charge in [-0.15, -0.1) is 0 Å². The standard InChI is InChI=1S/C23H24N2O5S/c1-4-30-19-10-6-17(7-11-19)23(26)24-18-8-12-20(13-9-18)31(27,28)25-21-15-16(2)5-14-22(21)29-3/h5-15,25H,4H2,1-3H3,(H,24,26). The number of carbonyl (C=O) groups excluding carboxylic acids is 1. The van der Waals surface area contributed by atoms with E-state index in [1.54, 1.807) is 36.4 Å². The third-order valence-electron chi connectivity index (χ3n) is 4.45. The monoisotopic (exact) mass is 440 g/mol. The molecule has 0 saturated heterocycles. The van der Waals surface area contributed by atoms with Crippen LogP contribution in [0.1, 0.15) is 22.8 Å². The van der Waals surface area contributed by atoms with E-state index in [0.717, 1.165) is 5.56 Å². The van der Waals surface area contributed by atoms with Crippen LogP contribution < -0.4 is 19.5 Å². The van der Waals surface area contributed by atoms with Gasteiger partial charge in [-0.1, -0.05) is 6.07 Å². The molecule has 0 atom stereocenters. The van der Waals surface area contributed by atoms with Crippen LogP contribution in [0.15, 0.2) is 71.6 Å². The summed E-state index contributed by atoms with van der Waals surface area (Å²) >= 11 is 0. The topological polar surface area (TPSA) is 93.7 Å². The van der Waals surface area contributed by atoms with E-state index in [0.29, 0.717) is 35.0 Å². The van der Waals surface area contributed by atoms with Crippen molar-refractivity contribution in [3.8, 4) is 11.5 Å². The highest BCUT2D eigenvalue weighted by Gasteiger charge is 2.17. The lowest BCUT2D eigenvalue weighted by atomic mass is 10.2. The molecule has 7 nitrogen and oxygen atoms in total. The minimum Gasteiger partial charge on any atom is -0.495 e. The van der Waals surface area contributed by atoms with Crippen LogP contribution in [0.3, 0.4) is 0 Å². The number of hydrogen-bond acceptors (Lipinski definition) is 5. The van der Waals surface area contributed by atoms with Crippen molar-refractivity contribution in [1.29, 1.82) is 0 Å².